The molecule has 0 aliphatic rings. The lowest BCUT2D eigenvalue weighted by molar-refractivity contribution is -0.116. The van der Waals surface area contributed by atoms with Crippen molar-refractivity contribution in [1.29, 1.82) is 0 Å². The van der Waals surface area contributed by atoms with Crippen molar-refractivity contribution in [1.82, 2.24) is 14.7 Å². The molecule has 0 atom stereocenters. The molecule has 0 spiro atoms. The van der Waals surface area contributed by atoms with E-state index in [0.29, 0.717) is 4.47 Å². The number of hydrogen-bond acceptors (Lipinski definition) is 4. The zero-order valence-electron chi connectivity index (χ0n) is 13.3. The molecule has 0 saturated carbocycles. The molecule has 1 aromatic carbocycles. The van der Waals surface area contributed by atoms with E-state index in [9.17, 15) is 14.0 Å². The van der Waals surface area contributed by atoms with Gasteiger partial charge in [-0.3, -0.25) is 14.3 Å². The van der Waals surface area contributed by atoms with Crippen LogP contribution in [0.4, 0.5) is 10.1 Å². The summed E-state index contributed by atoms with van der Waals surface area (Å²) in [7, 11) is 4.52. The SMILES string of the molecule is COc1nn(C)cc1C(=O)N(C)CC(=O)Nc1ccc(Br)cc1F. The number of aryl methyl sites for hydroxylation is 1. The molecular weight excluding hydrogens is 383 g/mol. The number of halogens is 2. The van der Waals surface area contributed by atoms with Crippen LogP contribution < -0.4 is 10.1 Å². The van der Waals surface area contributed by atoms with Gasteiger partial charge in [0.1, 0.15) is 11.4 Å². The molecule has 24 heavy (non-hydrogen) atoms. The van der Waals surface area contributed by atoms with Crippen molar-refractivity contribution in [3.05, 3.63) is 40.2 Å². The number of hydrogen-bond donors (Lipinski definition) is 1. The Kier molecular flexibility index (Phi) is 5.55. The second kappa shape index (κ2) is 7.43. The van der Waals surface area contributed by atoms with Gasteiger partial charge in [0.05, 0.1) is 19.3 Å². The monoisotopic (exact) mass is 398 g/mol. The van der Waals surface area contributed by atoms with E-state index in [1.165, 1.54) is 42.1 Å². The van der Waals surface area contributed by atoms with Crippen LogP contribution >= 0.6 is 15.9 Å². The topological polar surface area (TPSA) is 76.5 Å². The minimum atomic E-state index is -0.569. The minimum Gasteiger partial charge on any atom is -0.479 e. The van der Waals surface area contributed by atoms with Crippen molar-refractivity contribution in [2.45, 2.75) is 0 Å². The van der Waals surface area contributed by atoms with E-state index < -0.39 is 17.6 Å². The first kappa shape index (κ1) is 17.9. The van der Waals surface area contributed by atoms with E-state index >= 15 is 0 Å². The van der Waals surface area contributed by atoms with Crippen LogP contribution in [-0.2, 0) is 11.8 Å². The molecule has 1 N–H and O–H groups in total. The highest BCUT2D eigenvalue weighted by Gasteiger charge is 2.22. The Morgan fingerprint density at radius 1 is 1.46 bits per heavy atom. The smallest absolute Gasteiger partial charge is 0.261 e. The predicted octanol–water partition coefficient (Wildman–Crippen LogP) is 2.04. The van der Waals surface area contributed by atoms with Gasteiger partial charge in [-0.25, -0.2) is 4.39 Å². The number of aromatic nitrogens is 2. The Hall–Kier alpha value is -2.42. The van der Waals surface area contributed by atoms with E-state index in [1.807, 2.05) is 0 Å². The first-order valence-electron chi connectivity index (χ1n) is 6.89. The lowest BCUT2D eigenvalue weighted by atomic mass is 10.3. The fraction of sp³-hybridized carbons (Fsp3) is 0.267. The lowest BCUT2D eigenvalue weighted by Gasteiger charge is -2.16. The Bertz CT molecular complexity index is 778. The van der Waals surface area contributed by atoms with Gasteiger partial charge in [-0.1, -0.05) is 15.9 Å². The number of carbonyl (C=O) groups is 2. The normalized spacial score (nSPS) is 10.4. The zero-order chi connectivity index (χ0) is 17.9. The summed E-state index contributed by atoms with van der Waals surface area (Å²) in [5, 5.41) is 6.42. The lowest BCUT2D eigenvalue weighted by Crippen LogP contribution is -2.35. The maximum atomic E-state index is 13.7. The predicted molar refractivity (Wildman–Crippen MR) is 89.5 cm³/mol. The van der Waals surface area contributed by atoms with Crippen molar-refractivity contribution >= 4 is 33.4 Å². The third-order valence-corrected chi connectivity index (χ3v) is 3.64. The highest BCUT2D eigenvalue weighted by Crippen LogP contribution is 2.20. The molecule has 0 radical (unpaired) electrons. The van der Waals surface area contributed by atoms with Crippen LogP contribution in [0.25, 0.3) is 0 Å². The number of benzene rings is 1. The highest BCUT2D eigenvalue weighted by molar-refractivity contribution is 9.10. The van der Waals surface area contributed by atoms with Crippen molar-refractivity contribution in [2.24, 2.45) is 7.05 Å². The Labute approximate surface area is 146 Å². The van der Waals surface area contributed by atoms with Crippen molar-refractivity contribution in [2.75, 3.05) is 26.0 Å². The summed E-state index contributed by atoms with van der Waals surface area (Å²) in [6.45, 7) is -0.244. The maximum Gasteiger partial charge on any atom is 0.261 e. The first-order valence-corrected chi connectivity index (χ1v) is 7.69. The number of rotatable bonds is 5. The van der Waals surface area contributed by atoms with Gasteiger partial charge >= 0.3 is 0 Å². The van der Waals surface area contributed by atoms with Gasteiger partial charge in [0.15, 0.2) is 0 Å². The van der Waals surface area contributed by atoms with Crippen LogP contribution in [0.1, 0.15) is 10.4 Å². The zero-order valence-corrected chi connectivity index (χ0v) is 14.9. The summed E-state index contributed by atoms with van der Waals surface area (Å²) in [5.74, 6) is -1.34. The standard InChI is InChI=1S/C15H16BrFN4O3/c1-20(15(23)10-7-21(2)19-14(10)24-3)8-13(22)18-12-5-4-9(16)6-11(12)17/h4-7H,8H2,1-3H3,(H,18,22). The van der Waals surface area contributed by atoms with Crippen molar-refractivity contribution < 1.29 is 18.7 Å². The molecule has 0 aliphatic carbocycles. The van der Waals surface area contributed by atoms with E-state index in [-0.39, 0.29) is 23.7 Å². The van der Waals surface area contributed by atoms with E-state index in [2.05, 4.69) is 26.3 Å². The summed E-state index contributed by atoms with van der Waals surface area (Å²) < 4.78 is 20.8. The van der Waals surface area contributed by atoms with Gasteiger partial charge in [-0.15, -0.1) is 5.10 Å². The summed E-state index contributed by atoms with van der Waals surface area (Å²) in [6, 6.07) is 4.28. The molecular formula is C15H16BrFN4O3. The highest BCUT2D eigenvalue weighted by atomic mass is 79.9. The number of likely N-dealkylation sites (N-methyl/N-ethyl adjacent to an activating group) is 1. The number of nitrogens with one attached hydrogen (secondary N) is 1. The second-order valence-electron chi connectivity index (χ2n) is 5.06. The van der Waals surface area contributed by atoms with Crippen LogP contribution in [0, 0.1) is 5.82 Å². The molecule has 7 nitrogen and oxygen atoms in total. The van der Waals surface area contributed by atoms with Crippen LogP contribution in [0.5, 0.6) is 5.88 Å². The number of ether oxygens (including phenoxy) is 1. The van der Waals surface area contributed by atoms with Gasteiger partial charge in [0, 0.05) is 24.8 Å². The van der Waals surface area contributed by atoms with Gasteiger partial charge in [-0.2, -0.15) is 0 Å². The van der Waals surface area contributed by atoms with E-state index in [0.717, 1.165) is 0 Å². The van der Waals surface area contributed by atoms with Gasteiger partial charge in [-0.05, 0) is 18.2 Å². The van der Waals surface area contributed by atoms with Crippen molar-refractivity contribution in [3.8, 4) is 5.88 Å². The van der Waals surface area contributed by atoms with Gasteiger partial charge in [0.2, 0.25) is 11.8 Å². The number of anilines is 1. The largest absolute Gasteiger partial charge is 0.479 e. The molecule has 2 aromatic rings. The molecule has 0 saturated heterocycles. The summed E-state index contributed by atoms with van der Waals surface area (Å²) in [5.41, 5.74) is 0.285. The molecule has 0 bridgehead atoms. The fourth-order valence-electron chi connectivity index (χ4n) is 2.04. The molecule has 0 aliphatic heterocycles. The first-order chi connectivity index (χ1) is 11.3. The Balaban J connectivity index is 2.04. The summed E-state index contributed by atoms with van der Waals surface area (Å²) in [6.07, 6.45) is 1.50. The third-order valence-electron chi connectivity index (χ3n) is 3.15. The fourth-order valence-corrected chi connectivity index (χ4v) is 2.37. The van der Waals surface area contributed by atoms with Crippen LogP contribution in [0.2, 0.25) is 0 Å². The molecule has 1 heterocycles. The number of methoxy groups -OCH3 is 1. The molecule has 2 rings (SSSR count). The second-order valence-corrected chi connectivity index (χ2v) is 5.97. The third kappa shape index (κ3) is 4.10. The Morgan fingerprint density at radius 2 is 2.17 bits per heavy atom. The van der Waals surface area contributed by atoms with E-state index in [4.69, 9.17) is 4.74 Å². The maximum absolute atomic E-state index is 13.7. The molecule has 2 amide bonds. The van der Waals surface area contributed by atoms with Crippen LogP contribution in [-0.4, -0.2) is 47.2 Å². The quantitative estimate of drug-likeness (QED) is 0.835. The summed E-state index contributed by atoms with van der Waals surface area (Å²) >= 11 is 3.14. The Morgan fingerprint density at radius 3 is 2.79 bits per heavy atom. The van der Waals surface area contributed by atoms with Crippen LogP contribution in [0.15, 0.2) is 28.9 Å². The van der Waals surface area contributed by atoms with Crippen molar-refractivity contribution in [3.63, 3.8) is 0 Å². The minimum absolute atomic E-state index is 0.0445. The number of carbonyl (C=O) groups excluding carboxylic acids is 2. The average molecular weight is 399 g/mol. The molecule has 1 aromatic heterocycles. The number of nitrogens with zero attached hydrogens (tertiary/aromatic N) is 3. The van der Waals surface area contributed by atoms with E-state index in [1.54, 1.807) is 13.1 Å². The summed E-state index contributed by atoms with van der Waals surface area (Å²) in [4.78, 5) is 25.6. The average Bonchev–Trinajstić information content (AvgIpc) is 2.90. The number of amides is 2. The molecule has 0 fully saturated rings. The van der Waals surface area contributed by atoms with Gasteiger partial charge in [0.25, 0.3) is 5.91 Å². The molecule has 9 heteroatoms. The molecule has 0 unspecified atom stereocenters. The van der Waals surface area contributed by atoms with Gasteiger partial charge < -0.3 is 15.0 Å². The molecule has 128 valence electrons. The van der Waals surface area contributed by atoms with Crippen LogP contribution in [0.3, 0.4) is 0 Å².